The fourth-order valence-corrected chi connectivity index (χ4v) is 4.68. The summed E-state index contributed by atoms with van der Waals surface area (Å²) in [6.07, 6.45) is 5.11. The molecule has 1 aliphatic rings. The van der Waals surface area contributed by atoms with Crippen LogP contribution in [-0.4, -0.2) is 51.2 Å². The van der Waals surface area contributed by atoms with Crippen LogP contribution in [0.1, 0.15) is 4.88 Å². The zero-order valence-electron chi connectivity index (χ0n) is 15.4. The number of morpholine rings is 1. The molecule has 5 heterocycles. The van der Waals surface area contributed by atoms with Crippen LogP contribution in [-0.2, 0) is 11.3 Å². The molecule has 5 rings (SSSR count). The number of thiophene rings is 1. The summed E-state index contributed by atoms with van der Waals surface area (Å²) in [5.74, 6) is 1.75. The second-order valence-electron chi connectivity index (χ2n) is 6.42. The van der Waals surface area contributed by atoms with Gasteiger partial charge in [-0.3, -0.25) is 0 Å². The van der Waals surface area contributed by atoms with Gasteiger partial charge in [0.1, 0.15) is 0 Å². The predicted molar refractivity (Wildman–Crippen MR) is 115 cm³/mol. The highest BCUT2D eigenvalue weighted by molar-refractivity contribution is 7.19. The maximum Gasteiger partial charge on any atom is 0.219 e. The van der Waals surface area contributed by atoms with Crippen LogP contribution in [0.5, 0.6) is 0 Å². The standard InChI is InChI=1S/C18H18N8OS2/c19-17-21-8-11(9-22-17)15-24-13-7-12(10-23-18-20-1-6-28-18)29-14(13)16(25-15)26-2-4-27-5-3-26/h1,6-9H,2-5,10H2,(H,20,23)(H2,19,21,22). The molecule has 148 valence electrons. The zero-order chi connectivity index (χ0) is 19.6. The lowest BCUT2D eigenvalue weighted by Crippen LogP contribution is -2.36. The Labute approximate surface area is 174 Å². The minimum atomic E-state index is 0.231. The third-order valence-corrected chi connectivity index (χ3v) is 6.34. The molecule has 1 fully saturated rings. The third-order valence-electron chi connectivity index (χ3n) is 4.49. The minimum absolute atomic E-state index is 0.231. The van der Waals surface area contributed by atoms with Crippen LogP contribution >= 0.6 is 22.7 Å². The number of hydrogen-bond donors (Lipinski definition) is 2. The SMILES string of the molecule is Nc1ncc(-c2nc(N3CCOCC3)c3sc(CNc4nccs4)cc3n2)cn1. The van der Waals surface area contributed by atoms with Crippen molar-refractivity contribution in [3.8, 4) is 11.4 Å². The number of hydrogen-bond acceptors (Lipinski definition) is 11. The Balaban J connectivity index is 1.54. The predicted octanol–water partition coefficient (Wildman–Crippen LogP) is 2.64. The lowest BCUT2D eigenvalue weighted by Gasteiger charge is -2.28. The van der Waals surface area contributed by atoms with E-state index in [1.165, 1.54) is 4.88 Å². The van der Waals surface area contributed by atoms with Gasteiger partial charge >= 0.3 is 0 Å². The summed E-state index contributed by atoms with van der Waals surface area (Å²) in [4.78, 5) is 25.5. The molecule has 0 aromatic carbocycles. The molecule has 3 N–H and O–H groups in total. The molecule has 0 radical (unpaired) electrons. The second kappa shape index (κ2) is 7.85. The summed E-state index contributed by atoms with van der Waals surface area (Å²) >= 11 is 3.29. The maximum atomic E-state index is 5.62. The van der Waals surface area contributed by atoms with E-state index in [9.17, 15) is 0 Å². The molecule has 29 heavy (non-hydrogen) atoms. The first kappa shape index (κ1) is 18.2. The van der Waals surface area contributed by atoms with Crippen molar-refractivity contribution in [2.75, 3.05) is 42.3 Å². The molecule has 0 saturated carbocycles. The summed E-state index contributed by atoms with van der Waals surface area (Å²) < 4.78 is 6.59. The molecule has 4 aromatic heterocycles. The molecule has 1 aliphatic heterocycles. The first-order valence-corrected chi connectivity index (χ1v) is 10.8. The van der Waals surface area contributed by atoms with Gasteiger partial charge in [-0.25, -0.2) is 24.9 Å². The molecular formula is C18H18N8OS2. The summed E-state index contributed by atoms with van der Waals surface area (Å²) in [6, 6.07) is 2.11. The minimum Gasteiger partial charge on any atom is -0.378 e. The van der Waals surface area contributed by atoms with E-state index in [2.05, 4.69) is 31.2 Å². The summed E-state index contributed by atoms with van der Waals surface area (Å²) in [5, 5.41) is 6.21. The van der Waals surface area contributed by atoms with E-state index in [1.807, 2.05) is 5.38 Å². The number of aromatic nitrogens is 5. The van der Waals surface area contributed by atoms with Crippen molar-refractivity contribution in [2.45, 2.75) is 6.54 Å². The Morgan fingerprint density at radius 2 is 1.97 bits per heavy atom. The largest absolute Gasteiger partial charge is 0.378 e. The number of rotatable bonds is 5. The molecule has 9 nitrogen and oxygen atoms in total. The average molecular weight is 427 g/mol. The highest BCUT2D eigenvalue weighted by atomic mass is 32.1. The molecule has 0 atom stereocenters. The number of nitrogens with zero attached hydrogens (tertiary/aromatic N) is 6. The van der Waals surface area contributed by atoms with Crippen LogP contribution in [0.25, 0.3) is 21.6 Å². The number of nitrogen functional groups attached to an aromatic ring is 1. The van der Waals surface area contributed by atoms with Crippen molar-refractivity contribution in [1.82, 2.24) is 24.9 Å². The Morgan fingerprint density at radius 1 is 1.14 bits per heavy atom. The fraction of sp³-hybridized carbons (Fsp3) is 0.278. The zero-order valence-corrected chi connectivity index (χ0v) is 17.0. The molecule has 0 unspecified atom stereocenters. The first-order valence-electron chi connectivity index (χ1n) is 9.11. The molecule has 4 aromatic rings. The third kappa shape index (κ3) is 3.84. The Kier molecular flexibility index (Phi) is 4.92. The van der Waals surface area contributed by atoms with E-state index in [4.69, 9.17) is 20.4 Å². The van der Waals surface area contributed by atoms with Gasteiger partial charge in [-0.1, -0.05) is 0 Å². The molecule has 0 amide bonds. The van der Waals surface area contributed by atoms with Crippen LogP contribution in [0.4, 0.5) is 16.9 Å². The molecule has 0 spiro atoms. The first-order chi connectivity index (χ1) is 14.3. The van der Waals surface area contributed by atoms with Gasteiger partial charge in [-0.05, 0) is 6.07 Å². The summed E-state index contributed by atoms with van der Waals surface area (Å²) in [5.41, 5.74) is 7.28. The summed E-state index contributed by atoms with van der Waals surface area (Å²) in [6.45, 7) is 3.67. The Hall–Kier alpha value is -2.89. The van der Waals surface area contributed by atoms with Gasteiger partial charge in [0.05, 0.1) is 35.5 Å². The smallest absolute Gasteiger partial charge is 0.219 e. The number of nitrogens with one attached hydrogen (secondary N) is 1. The van der Waals surface area contributed by atoms with Crippen molar-refractivity contribution in [1.29, 1.82) is 0 Å². The van der Waals surface area contributed by atoms with Crippen molar-refractivity contribution in [2.24, 2.45) is 0 Å². The van der Waals surface area contributed by atoms with Crippen molar-refractivity contribution in [3.05, 3.63) is 34.9 Å². The van der Waals surface area contributed by atoms with Crippen LogP contribution in [0.15, 0.2) is 30.0 Å². The highest BCUT2D eigenvalue weighted by Crippen LogP contribution is 2.34. The normalized spacial score (nSPS) is 14.4. The average Bonchev–Trinajstić information content (AvgIpc) is 3.42. The number of fused-ring (bicyclic) bond motifs is 1. The van der Waals surface area contributed by atoms with E-state index in [0.717, 1.165) is 39.8 Å². The van der Waals surface area contributed by atoms with E-state index < -0.39 is 0 Å². The number of nitrogens with two attached hydrogens (primary N) is 1. The monoisotopic (exact) mass is 426 g/mol. The molecule has 11 heteroatoms. The van der Waals surface area contributed by atoms with Crippen molar-refractivity contribution in [3.63, 3.8) is 0 Å². The van der Waals surface area contributed by atoms with Crippen LogP contribution in [0.3, 0.4) is 0 Å². The van der Waals surface area contributed by atoms with Gasteiger partial charge in [0.2, 0.25) is 5.95 Å². The number of anilines is 3. The van der Waals surface area contributed by atoms with E-state index in [0.29, 0.717) is 25.6 Å². The van der Waals surface area contributed by atoms with Gasteiger partial charge in [0.15, 0.2) is 16.8 Å². The van der Waals surface area contributed by atoms with E-state index in [-0.39, 0.29) is 5.95 Å². The van der Waals surface area contributed by atoms with Crippen molar-refractivity contribution >= 4 is 49.8 Å². The fourth-order valence-electron chi connectivity index (χ4n) is 3.10. The molecule has 0 aliphatic carbocycles. The van der Waals surface area contributed by atoms with Crippen LogP contribution in [0.2, 0.25) is 0 Å². The molecular weight excluding hydrogens is 408 g/mol. The highest BCUT2D eigenvalue weighted by Gasteiger charge is 2.20. The van der Waals surface area contributed by atoms with Crippen LogP contribution in [0, 0.1) is 0 Å². The lowest BCUT2D eigenvalue weighted by atomic mass is 10.3. The number of ether oxygens (including phenoxy) is 1. The second-order valence-corrected chi connectivity index (χ2v) is 8.45. The maximum absolute atomic E-state index is 5.62. The molecule has 1 saturated heterocycles. The van der Waals surface area contributed by atoms with E-state index in [1.54, 1.807) is 41.3 Å². The topological polar surface area (TPSA) is 115 Å². The van der Waals surface area contributed by atoms with Gasteiger partial charge in [0.25, 0.3) is 0 Å². The number of thiazole rings is 1. The van der Waals surface area contributed by atoms with Crippen molar-refractivity contribution < 1.29 is 4.74 Å². The van der Waals surface area contributed by atoms with Gasteiger partial charge < -0.3 is 20.7 Å². The van der Waals surface area contributed by atoms with Crippen LogP contribution < -0.4 is 16.0 Å². The Bertz CT molecular complexity index is 1110. The van der Waals surface area contributed by atoms with Gasteiger partial charge in [-0.15, -0.1) is 22.7 Å². The van der Waals surface area contributed by atoms with Gasteiger partial charge in [0, 0.05) is 41.9 Å². The van der Waals surface area contributed by atoms with E-state index >= 15 is 0 Å². The van der Waals surface area contributed by atoms with Gasteiger partial charge in [-0.2, -0.15) is 0 Å². The Morgan fingerprint density at radius 3 is 2.72 bits per heavy atom. The quantitative estimate of drug-likeness (QED) is 0.497. The lowest BCUT2D eigenvalue weighted by molar-refractivity contribution is 0.122. The molecule has 0 bridgehead atoms. The summed E-state index contributed by atoms with van der Waals surface area (Å²) in [7, 11) is 0.